The quantitative estimate of drug-likeness (QED) is 0.794. The molecule has 0 aromatic heterocycles. The first-order valence-corrected chi connectivity index (χ1v) is 8.68. The van der Waals surface area contributed by atoms with Crippen molar-refractivity contribution in [2.24, 2.45) is 11.8 Å². The number of carbonyl (C=O) groups is 2. The number of hydrogen-bond acceptors (Lipinski definition) is 3. The van der Waals surface area contributed by atoms with E-state index < -0.39 is 11.9 Å². The molecular formula is C19H27NO4. The molecule has 2 rings (SSSR count). The molecule has 1 amide bonds. The Hall–Kier alpha value is -1.88. The second kappa shape index (κ2) is 9.42. The van der Waals surface area contributed by atoms with E-state index >= 15 is 0 Å². The first kappa shape index (κ1) is 18.5. The summed E-state index contributed by atoms with van der Waals surface area (Å²) in [6.07, 6.45) is 3.35. The van der Waals surface area contributed by atoms with E-state index in [9.17, 15) is 9.59 Å². The van der Waals surface area contributed by atoms with Gasteiger partial charge in [0, 0.05) is 32.7 Å². The van der Waals surface area contributed by atoms with E-state index in [1.54, 1.807) is 11.8 Å². The largest absolute Gasteiger partial charge is 0.481 e. The molecule has 1 atom stereocenters. The highest BCUT2D eigenvalue weighted by atomic mass is 16.5. The number of carboxylic acid groups (broad SMARTS) is 1. The van der Waals surface area contributed by atoms with Gasteiger partial charge in [0.25, 0.3) is 0 Å². The molecule has 1 saturated heterocycles. The molecule has 0 radical (unpaired) electrons. The minimum absolute atomic E-state index is 0.0402. The second-order valence-electron chi connectivity index (χ2n) is 6.59. The summed E-state index contributed by atoms with van der Waals surface area (Å²) in [5.41, 5.74) is 1.02. The van der Waals surface area contributed by atoms with Crippen molar-refractivity contribution in [3.05, 3.63) is 35.9 Å². The summed E-state index contributed by atoms with van der Waals surface area (Å²) < 4.78 is 5.35. The molecule has 1 fully saturated rings. The highest BCUT2D eigenvalue weighted by Crippen LogP contribution is 2.21. The van der Waals surface area contributed by atoms with Crippen LogP contribution in [-0.2, 0) is 20.9 Å². The standard InChI is InChI=1S/C19H27NO4/c1-15(19(22)23)13-20(14-17-5-3-2-4-6-17)18(21)8-7-16-9-11-24-12-10-16/h2-6,15-16H,7-14H2,1H3,(H,22,23)/t15-/m0/s1. The lowest BCUT2D eigenvalue weighted by molar-refractivity contribution is -0.143. The number of carboxylic acids is 1. The summed E-state index contributed by atoms with van der Waals surface area (Å²) in [6, 6.07) is 9.72. The molecule has 0 unspecified atom stereocenters. The molecule has 5 heteroatoms. The maximum absolute atomic E-state index is 12.7. The van der Waals surface area contributed by atoms with Gasteiger partial charge in [-0.15, -0.1) is 0 Å². The van der Waals surface area contributed by atoms with Crippen LogP contribution in [-0.4, -0.2) is 41.6 Å². The number of benzene rings is 1. The molecule has 1 aliphatic heterocycles. The van der Waals surface area contributed by atoms with Gasteiger partial charge in [-0.2, -0.15) is 0 Å². The van der Waals surface area contributed by atoms with Crippen LogP contribution in [0.4, 0.5) is 0 Å². The second-order valence-corrected chi connectivity index (χ2v) is 6.59. The van der Waals surface area contributed by atoms with Crippen LogP contribution in [0, 0.1) is 11.8 Å². The van der Waals surface area contributed by atoms with Crippen LogP contribution in [0.1, 0.15) is 38.2 Å². The summed E-state index contributed by atoms with van der Waals surface area (Å²) in [5, 5.41) is 9.16. The molecule has 5 nitrogen and oxygen atoms in total. The van der Waals surface area contributed by atoms with Gasteiger partial charge in [0.05, 0.1) is 5.92 Å². The Bertz CT molecular complexity index is 525. The first-order valence-electron chi connectivity index (χ1n) is 8.68. The van der Waals surface area contributed by atoms with Gasteiger partial charge < -0.3 is 14.7 Å². The van der Waals surface area contributed by atoms with E-state index in [0.717, 1.165) is 38.0 Å². The summed E-state index contributed by atoms with van der Waals surface area (Å²) in [4.78, 5) is 25.5. The molecule has 24 heavy (non-hydrogen) atoms. The van der Waals surface area contributed by atoms with Crippen molar-refractivity contribution in [2.45, 2.75) is 39.2 Å². The third kappa shape index (κ3) is 5.96. The summed E-state index contributed by atoms with van der Waals surface area (Å²) in [6.45, 7) is 3.92. The van der Waals surface area contributed by atoms with Crippen molar-refractivity contribution in [1.82, 2.24) is 4.90 Å². The third-order valence-corrected chi connectivity index (χ3v) is 4.59. The Labute approximate surface area is 143 Å². The lowest BCUT2D eigenvalue weighted by Crippen LogP contribution is -2.36. The number of carbonyl (C=O) groups excluding carboxylic acids is 1. The molecule has 0 bridgehead atoms. The van der Waals surface area contributed by atoms with E-state index in [0.29, 0.717) is 18.9 Å². The van der Waals surface area contributed by atoms with Gasteiger partial charge in [0.1, 0.15) is 0 Å². The molecule has 0 spiro atoms. The molecule has 1 heterocycles. The van der Waals surface area contributed by atoms with Crippen molar-refractivity contribution in [3.63, 3.8) is 0 Å². The van der Waals surface area contributed by atoms with E-state index in [2.05, 4.69) is 0 Å². The van der Waals surface area contributed by atoms with E-state index in [-0.39, 0.29) is 12.5 Å². The maximum atomic E-state index is 12.7. The van der Waals surface area contributed by atoms with Crippen LogP contribution in [0.3, 0.4) is 0 Å². The normalized spacial score (nSPS) is 16.5. The Balaban J connectivity index is 1.94. The minimum Gasteiger partial charge on any atom is -0.481 e. The van der Waals surface area contributed by atoms with Gasteiger partial charge in [-0.3, -0.25) is 9.59 Å². The molecule has 0 saturated carbocycles. The van der Waals surface area contributed by atoms with Gasteiger partial charge in [0.15, 0.2) is 0 Å². The fourth-order valence-electron chi connectivity index (χ4n) is 2.99. The molecule has 1 N–H and O–H groups in total. The molecule has 1 aliphatic rings. The lowest BCUT2D eigenvalue weighted by atomic mass is 9.94. The van der Waals surface area contributed by atoms with Gasteiger partial charge in [-0.25, -0.2) is 0 Å². The summed E-state index contributed by atoms with van der Waals surface area (Å²) in [5.74, 6) is -0.859. The molecular weight excluding hydrogens is 306 g/mol. The van der Waals surface area contributed by atoms with Crippen LogP contribution in [0.15, 0.2) is 30.3 Å². The number of hydrogen-bond donors (Lipinski definition) is 1. The Morgan fingerprint density at radius 1 is 1.25 bits per heavy atom. The van der Waals surface area contributed by atoms with Gasteiger partial charge in [-0.05, 0) is 30.7 Å². The van der Waals surface area contributed by atoms with Crippen LogP contribution in [0.5, 0.6) is 0 Å². The third-order valence-electron chi connectivity index (χ3n) is 4.59. The zero-order valence-corrected chi connectivity index (χ0v) is 14.3. The smallest absolute Gasteiger partial charge is 0.308 e. The van der Waals surface area contributed by atoms with E-state index in [4.69, 9.17) is 9.84 Å². The number of amides is 1. The number of ether oxygens (including phenoxy) is 1. The van der Waals surface area contributed by atoms with Crippen LogP contribution in [0.25, 0.3) is 0 Å². The number of aliphatic carboxylic acids is 1. The Morgan fingerprint density at radius 3 is 2.54 bits per heavy atom. The van der Waals surface area contributed by atoms with Crippen LogP contribution < -0.4 is 0 Å². The van der Waals surface area contributed by atoms with Gasteiger partial charge in [0.2, 0.25) is 5.91 Å². The topological polar surface area (TPSA) is 66.8 Å². The molecule has 1 aromatic rings. The number of nitrogens with zero attached hydrogens (tertiary/aromatic N) is 1. The zero-order valence-electron chi connectivity index (χ0n) is 14.3. The summed E-state index contributed by atoms with van der Waals surface area (Å²) >= 11 is 0. The highest BCUT2D eigenvalue weighted by Gasteiger charge is 2.22. The fraction of sp³-hybridized carbons (Fsp3) is 0.579. The SMILES string of the molecule is C[C@@H](CN(Cc1ccccc1)C(=O)CCC1CCOCC1)C(=O)O. The van der Waals surface area contributed by atoms with Crippen molar-refractivity contribution >= 4 is 11.9 Å². The maximum Gasteiger partial charge on any atom is 0.308 e. The van der Waals surface area contributed by atoms with E-state index in [1.807, 2.05) is 30.3 Å². The van der Waals surface area contributed by atoms with Gasteiger partial charge >= 0.3 is 5.97 Å². The predicted octanol–water partition coefficient (Wildman–Crippen LogP) is 2.94. The first-order chi connectivity index (χ1) is 11.6. The van der Waals surface area contributed by atoms with Crippen molar-refractivity contribution in [3.8, 4) is 0 Å². The van der Waals surface area contributed by atoms with Crippen LogP contribution in [0.2, 0.25) is 0 Å². The number of rotatable bonds is 8. The Morgan fingerprint density at radius 2 is 1.92 bits per heavy atom. The monoisotopic (exact) mass is 333 g/mol. The Kier molecular flexibility index (Phi) is 7.25. The highest BCUT2D eigenvalue weighted by molar-refractivity contribution is 5.77. The fourth-order valence-corrected chi connectivity index (χ4v) is 2.99. The minimum atomic E-state index is -0.870. The van der Waals surface area contributed by atoms with Gasteiger partial charge in [-0.1, -0.05) is 37.3 Å². The van der Waals surface area contributed by atoms with Crippen LogP contribution >= 0.6 is 0 Å². The van der Waals surface area contributed by atoms with Crippen molar-refractivity contribution in [1.29, 1.82) is 0 Å². The summed E-state index contributed by atoms with van der Waals surface area (Å²) in [7, 11) is 0. The average molecular weight is 333 g/mol. The average Bonchev–Trinajstić information content (AvgIpc) is 2.60. The predicted molar refractivity (Wildman–Crippen MR) is 91.4 cm³/mol. The molecule has 132 valence electrons. The molecule has 0 aliphatic carbocycles. The molecule has 1 aromatic carbocycles. The van der Waals surface area contributed by atoms with Crippen molar-refractivity contribution in [2.75, 3.05) is 19.8 Å². The van der Waals surface area contributed by atoms with Crippen molar-refractivity contribution < 1.29 is 19.4 Å². The van der Waals surface area contributed by atoms with E-state index in [1.165, 1.54) is 0 Å². The zero-order chi connectivity index (χ0) is 17.4. The lowest BCUT2D eigenvalue weighted by Gasteiger charge is -2.27.